The van der Waals surface area contributed by atoms with Crippen molar-refractivity contribution in [1.82, 2.24) is 19.4 Å². The number of ether oxygens (including phenoxy) is 2. The van der Waals surface area contributed by atoms with Gasteiger partial charge in [0.05, 0.1) is 18.7 Å². The summed E-state index contributed by atoms with van der Waals surface area (Å²) in [7, 11) is 4.63. The van der Waals surface area contributed by atoms with Crippen LogP contribution >= 0.6 is 0 Å². The Balaban J connectivity index is 0.963. The van der Waals surface area contributed by atoms with Crippen molar-refractivity contribution >= 4 is 21.8 Å². The lowest BCUT2D eigenvalue weighted by Gasteiger charge is -2.59. The third kappa shape index (κ3) is 3.42. The summed E-state index contributed by atoms with van der Waals surface area (Å²) in [5, 5.41) is 13.2. The normalized spacial score (nSPS) is 40.5. The van der Waals surface area contributed by atoms with E-state index in [-0.39, 0.29) is 6.61 Å². The second kappa shape index (κ2) is 9.32. The molecule has 4 aromatic rings. The largest absolute Gasteiger partial charge is 0.462 e. The van der Waals surface area contributed by atoms with Crippen LogP contribution in [0.5, 0.6) is 5.75 Å². The molecule has 5 fully saturated rings. The van der Waals surface area contributed by atoms with Gasteiger partial charge in [0.2, 0.25) is 5.79 Å². The number of allylic oxidation sites excluding steroid dienone is 1. The first-order chi connectivity index (χ1) is 22.9. The van der Waals surface area contributed by atoms with Gasteiger partial charge in [-0.1, -0.05) is 29.8 Å². The van der Waals surface area contributed by atoms with E-state index in [4.69, 9.17) is 9.47 Å². The van der Waals surface area contributed by atoms with Crippen LogP contribution in [-0.4, -0.2) is 69.1 Å². The zero-order valence-corrected chi connectivity index (χ0v) is 28.0. The summed E-state index contributed by atoms with van der Waals surface area (Å²) in [6, 6.07) is 15.5. The maximum absolute atomic E-state index is 10.5. The average molecular weight is 631 g/mol. The molecule has 2 aromatic carbocycles. The van der Waals surface area contributed by atoms with Crippen LogP contribution in [0, 0.1) is 29.6 Å². The molecule has 10 heterocycles. The molecule has 0 amide bonds. The lowest BCUT2D eigenvalue weighted by atomic mass is 9.62. The smallest absolute Gasteiger partial charge is 0.211 e. The maximum atomic E-state index is 10.5. The minimum atomic E-state index is -0.615. The number of rotatable bonds is 1. The SMILES string of the molecule is C/C=C1/CN2[C@H]3C[C@H]1[C@@H](CO)[C@@H]2Cc1c3[nH]c2cc3c(cc12)O[C@]1(C)OC[C@@H]2[C@@H](C[C@H]4c5c(c6ccccc6n5C)C[C@@H]2N4C)[C@@H]1C3. The number of piperidine rings is 4. The van der Waals surface area contributed by atoms with E-state index >= 15 is 0 Å². The molecule has 1 unspecified atom stereocenters. The van der Waals surface area contributed by atoms with Crippen molar-refractivity contribution in [2.24, 2.45) is 36.6 Å². The fourth-order valence-corrected chi connectivity index (χ4v) is 12.4. The molecule has 0 saturated carbocycles. The molecule has 244 valence electrons. The molecule has 7 nitrogen and oxygen atoms in total. The second-order valence-electron chi connectivity index (χ2n) is 16.2. The molecule has 5 saturated heterocycles. The number of hydrogen-bond donors (Lipinski definition) is 2. The fourth-order valence-electron chi connectivity index (χ4n) is 12.4. The van der Waals surface area contributed by atoms with Crippen molar-refractivity contribution in [3.63, 3.8) is 0 Å². The van der Waals surface area contributed by atoms with Gasteiger partial charge in [-0.15, -0.1) is 0 Å². The Morgan fingerprint density at radius 3 is 2.70 bits per heavy atom. The van der Waals surface area contributed by atoms with Gasteiger partial charge in [-0.25, -0.2) is 0 Å². The van der Waals surface area contributed by atoms with Crippen molar-refractivity contribution < 1.29 is 14.6 Å². The fraction of sp³-hybridized carbons (Fsp3) is 0.550. The van der Waals surface area contributed by atoms with Gasteiger partial charge in [-0.3, -0.25) is 9.80 Å². The van der Waals surface area contributed by atoms with Crippen LogP contribution in [-0.2, 0) is 31.0 Å². The molecule has 12 rings (SSSR count). The number of para-hydroxylation sites is 1. The number of fused-ring (bicyclic) bond motifs is 15. The number of aliphatic hydroxyl groups is 1. The Morgan fingerprint density at radius 2 is 1.85 bits per heavy atom. The predicted molar refractivity (Wildman–Crippen MR) is 182 cm³/mol. The molecule has 0 radical (unpaired) electrons. The highest BCUT2D eigenvalue weighted by Gasteiger charge is 2.59. The lowest BCUT2D eigenvalue weighted by molar-refractivity contribution is -0.280. The number of benzene rings is 2. The van der Waals surface area contributed by atoms with E-state index in [9.17, 15) is 5.11 Å². The zero-order valence-electron chi connectivity index (χ0n) is 28.0. The highest BCUT2D eigenvalue weighted by Crippen LogP contribution is 2.58. The molecule has 0 aliphatic carbocycles. The molecule has 47 heavy (non-hydrogen) atoms. The summed E-state index contributed by atoms with van der Waals surface area (Å²) in [6.45, 7) is 6.46. The Morgan fingerprint density at radius 1 is 1.00 bits per heavy atom. The third-order valence-corrected chi connectivity index (χ3v) is 14.7. The molecule has 6 bridgehead atoms. The zero-order chi connectivity index (χ0) is 31.5. The number of aliphatic hydroxyl groups excluding tert-OH is 1. The van der Waals surface area contributed by atoms with E-state index < -0.39 is 5.79 Å². The van der Waals surface area contributed by atoms with Crippen molar-refractivity contribution in [1.29, 1.82) is 0 Å². The van der Waals surface area contributed by atoms with E-state index in [2.05, 4.69) is 89.8 Å². The Labute approximate surface area is 276 Å². The Kier molecular flexibility index (Phi) is 5.51. The monoisotopic (exact) mass is 630 g/mol. The van der Waals surface area contributed by atoms with E-state index in [1.54, 1.807) is 5.56 Å². The van der Waals surface area contributed by atoms with E-state index in [1.165, 1.54) is 49.9 Å². The molecule has 11 atom stereocenters. The minimum Gasteiger partial charge on any atom is -0.462 e. The number of aryl methyl sites for hydroxylation is 1. The van der Waals surface area contributed by atoms with Crippen LogP contribution in [0.2, 0.25) is 0 Å². The Hall–Kier alpha value is -3.10. The maximum Gasteiger partial charge on any atom is 0.211 e. The summed E-state index contributed by atoms with van der Waals surface area (Å²) in [5.74, 6) is 2.57. The van der Waals surface area contributed by atoms with Crippen LogP contribution in [0.1, 0.15) is 66.9 Å². The van der Waals surface area contributed by atoms with Gasteiger partial charge in [0, 0.05) is 90.2 Å². The van der Waals surface area contributed by atoms with Gasteiger partial charge in [-0.2, -0.15) is 0 Å². The molecular weight excluding hydrogens is 584 g/mol. The first-order valence-electron chi connectivity index (χ1n) is 18.2. The van der Waals surface area contributed by atoms with Crippen LogP contribution in [0.25, 0.3) is 21.8 Å². The summed E-state index contributed by atoms with van der Waals surface area (Å²) in [6.07, 6.45) is 7.64. The summed E-state index contributed by atoms with van der Waals surface area (Å²) in [5.41, 5.74) is 11.4. The van der Waals surface area contributed by atoms with Gasteiger partial charge >= 0.3 is 0 Å². The molecule has 2 N–H and O–H groups in total. The topological polar surface area (TPSA) is 65.9 Å². The van der Waals surface area contributed by atoms with Crippen molar-refractivity contribution in [2.45, 2.75) is 75.9 Å². The van der Waals surface area contributed by atoms with Gasteiger partial charge in [0.15, 0.2) is 0 Å². The van der Waals surface area contributed by atoms with Crippen LogP contribution in [0.15, 0.2) is 48.0 Å². The van der Waals surface area contributed by atoms with E-state index in [0.717, 1.165) is 51.0 Å². The van der Waals surface area contributed by atoms with Gasteiger partial charge < -0.3 is 24.1 Å². The molecule has 0 spiro atoms. The minimum absolute atomic E-state index is 0.269. The first kappa shape index (κ1) is 27.8. The van der Waals surface area contributed by atoms with Crippen molar-refractivity contribution in [2.75, 3.05) is 26.8 Å². The number of likely N-dealkylation sites (N-methyl/N-ethyl adjacent to an activating group) is 1. The average Bonchev–Trinajstić information content (AvgIpc) is 3.56. The van der Waals surface area contributed by atoms with E-state index in [0.29, 0.717) is 53.8 Å². The summed E-state index contributed by atoms with van der Waals surface area (Å²) < 4.78 is 16.4. The molecule has 8 aliphatic rings. The number of nitrogens with one attached hydrogen (secondary N) is 1. The second-order valence-corrected chi connectivity index (χ2v) is 16.2. The van der Waals surface area contributed by atoms with Crippen LogP contribution in [0.4, 0.5) is 0 Å². The predicted octanol–water partition coefficient (Wildman–Crippen LogP) is 6.05. The highest BCUT2D eigenvalue weighted by atomic mass is 16.7. The van der Waals surface area contributed by atoms with Gasteiger partial charge in [0.25, 0.3) is 0 Å². The number of aromatic nitrogens is 2. The Bertz CT molecular complexity index is 2020. The van der Waals surface area contributed by atoms with Crippen LogP contribution < -0.4 is 4.74 Å². The number of nitrogens with zero attached hydrogens (tertiary/aromatic N) is 3. The third-order valence-electron chi connectivity index (χ3n) is 14.7. The van der Waals surface area contributed by atoms with E-state index in [1.807, 2.05) is 0 Å². The first-order valence-corrected chi connectivity index (χ1v) is 18.2. The number of aromatic amines is 1. The van der Waals surface area contributed by atoms with Gasteiger partial charge in [-0.05, 0) is 92.8 Å². The highest BCUT2D eigenvalue weighted by molar-refractivity contribution is 5.88. The summed E-state index contributed by atoms with van der Waals surface area (Å²) >= 11 is 0. The quantitative estimate of drug-likeness (QED) is 0.251. The van der Waals surface area contributed by atoms with Gasteiger partial charge in [0.1, 0.15) is 5.75 Å². The number of hydrogen-bond acceptors (Lipinski definition) is 5. The molecule has 2 aromatic heterocycles. The standard InChI is InChI=1S/C40H46N4O3/c1-5-20-17-44-34-14-26-25-16-37-21(11-31(25)41-38(26)35(44)12-23(20)28(34)18-45)10-30-24-13-36-39-27(22-8-6-7-9-32(22)43(39)4)15-33(42(36)3)29(24)19-46-40(30,2)47-37/h5-9,11,16,23-24,28-30,33-36,41,45H,10,12-15,17-19H2,1-4H3/b20-5-/t23-,24-,28-,29-,30+,33+,34+,35+,36+,40+/m1/s1. The van der Waals surface area contributed by atoms with Crippen LogP contribution in [0.3, 0.4) is 0 Å². The molecule has 7 heteroatoms. The molecule has 8 aliphatic heterocycles. The van der Waals surface area contributed by atoms with Crippen molar-refractivity contribution in [3.8, 4) is 5.75 Å². The van der Waals surface area contributed by atoms with Crippen molar-refractivity contribution in [3.05, 3.63) is 76.1 Å². The molecular formula is C40H46N4O3. The summed E-state index contributed by atoms with van der Waals surface area (Å²) in [4.78, 5) is 9.32. The number of H-pyrrole nitrogens is 1. The lowest BCUT2D eigenvalue weighted by Crippen LogP contribution is -2.64.